The lowest BCUT2D eigenvalue weighted by atomic mass is 9.88. The van der Waals surface area contributed by atoms with E-state index in [0.29, 0.717) is 0 Å². The molecule has 2 atom stereocenters. The topological polar surface area (TPSA) is 63.3 Å². The summed E-state index contributed by atoms with van der Waals surface area (Å²) in [5.41, 5.74) is 7.88. The van der Waals surface area contributed by atoms with Crippen LogP contribution < -0.4 is 5.73 Å². The number of hydrogen-bond donors (Lipinski definition) is 2. The van der Waals surface area contributed by atoms with E-state index in [9.17, 15) is 4.79 Å². The molecule has 0 radical (unpaired) electrons. The number of carboxylic acids is 1. The highest BCUT2D eigenvalue weighted by molar-refractivity contribution is 5.90. The molecule has 0 bridgehead atoms. The van der Waals surface area contributed by atoms with Gasteiger partial charge in [0.05, 0.1) is 0 Å². The molecule has 0 aliphatic heterocycles. The van der Waals surface area contributed by atoms with Crippen molar-refractivity contribution in [1.82, 2.24) is 0 Å². The molecule has 3 N–H and O–H groups in total. The number of rotatable bonds is 3. The first-order chi connectivity index (χ1) is 8.52. The minimum Gasteiger partial charge on any atom is -0.480 e. The van der Waals surface area contributed by atoms with Gasteiger partial charge in [0.15, 0.2) is 0 Å². The van der Waals surface area contributed by atoms with Crippen LogP contribution in [0.15, 0.2) is 36.4 Å². The predicted octanol–water partition coefficient (Wildman–Crippen LogP) is 2.66. The Morgan fingerprint density at radius 3 is 2.44 bits per heavy atom. The van der Waals surface area contributed by atoms with Gasteiger partial charge >= 0.3 is 5.97 Å². The number of aliphatic carboxylic acids is 1. The standard InChI is InChI=1S/C15H17NO2/c1-9-5-3-6-11-7-4-8-12(13(9)11)10(2)14(16)15(17)18/h3-8,10,14H,16H2,1-2H3,(H,17,18)/t10-,14+/m1/s1. The quantitative estimate of drug-likeness (QED) is 0.871. The second-order valence-electron chi connectivity index (χ2n) is 4.67. The maximum Gasteiger partial charge on any atom is 0.321 e. The minimum absolute atomic E-state index is 0.215. The third-order valence-corrected chi connectivity index (χ3v) is 3.46. The van der Waals surface area contributed by atoms with Crippen molar-refractivity contribution in [2.24, 2.45) is 5.73 Å². The minimum atomic E-state index is -0.965. The zero-order valence-corrected chi connectivity index (χ0v) is 10.6. The predicted molar refractivity (Wildman–Crippen MR) is 72.7 cm³/mol. The van der Waals surface area contributed by atoms with Crippen molar-refractivity contribution in [2.75, 3.05) is 0 Å². The third kappa shape index (κ3) is 2.09. The fourth-order valence-electron chi connectivity index (χ4n) is 2.35. The fraction of sp³-hybridized carbons (Fsp3) is 0.267. The van der Waals surface area contributed by atoms with Gasteiger partial charge in [-0.15, -0.1) is 0 Å². The maximum absolute atomic E-state index is 11.0. The van der Waals surface area contributed by atoms with Crippen LogP contribution in [0.25, 0.3) is 10.8 Å². The van der Waals surface area contributed by atoms with Crippen LogP contribution in [0.5, 0.6) is 0 Å². The van der Waals surface area contributed by atoms with E-state index in [1.165, 1.54) is 0 Å². The highest BCUT2D eigenvalue weighted by Gasteiger charge is 2.23. The van der Waals surface area contributed by atoms with Crippen molar-refractivity contribution in [2.45, 2.75) is 25.8 Å². The molecule has 0 amide bonds. The molecule has 0 fully saturated rings. The second-order valence-corrected chi connectivity index (χ2v) is 4.67. The SMILES string of the molecule is Cc1cccc2cccc([C@@H](C)[C@H](N)C(=O)O)c12. The van der Waals surface area contributed by atoms with Gasteiger partial charge in [-0.2, -0.15) is 0 Å². The van der Waals surface area contributed by atoms with Crippen molar-refractivity contribution >= 4 is 16.7 Å². The molecule has 3 nitrogen and oxygen atoms in total. The first-order valence-electron chi connectivity index (χ1n) is 5.99. The molecule has 0 aromatic heterocycles. The third-order valence-electron chi connectivity index (χ3n) is 3.46. The van der Waals surface area contributed by atoms with Gasteiger partial charge in [-0.05, 0) is 28.8 Å². The van der Waals surface area contributed by atoms with Crippen LogP contribution >= 0.6 is 0 Å². The normalized spacial score (nSPS) is 14.4. The van der Waals surface area contributed by atoms with Crippen LogP contribution in [0.3, 0.4) is 0 Å². The Morgan fingerprint density at radius 2 is 1.83 bits per heavy atom. The molecule has 94 valence electrons. The first kappa shape index (κ1) is 12.6. The summed E-state index contributed by atoms with van der Waals surface area (Å²) in [4.78, 5) is 11.0. The maximum atomic E-state index is 11.0. The van der Waals surface area contributed by atoms with Crippen molar-refractivity contribution < 1.29 is 9.90 Å². The molecular formula is C15H17NO2. The monoisotopic (exact) mass is 243 g/mol. The summed E-state index contributed by atoms with van der Waals surface area (Å²) in [6, 6.07) is 11.1. The van der Waals surface area contributed by atoms with Crippen LogP contribution in [0, 0.1) is 6.92 Å². The highest BCUT2D eigenvalue weighted by atomic mass is 16.4. The Morgan fingerprint density at radius 1 is 1.22 bits per heavy atom. The number of benzene rings is 2. The van der Waals surface area contributed by atoms with E-state index in [1.807, 2.05) is 50.2 Å². The lowest BCUT2D eigenvalue weighted by Gasteiger charge is -2.19. The van der Waals surface area contributed by atoms with Gasteiger partial charge < -0.3 is 10.8 Å². The Balaban J connectivity index is 2.61. The van der Waals surface area contributed by atoms with E-state index in [-0.39, 0.29) is 5.92 Å². The van der Waals surface area contributed by atoms with Gasteiger partial charge in [0, 0.05) is 5.92 Å². The molecule has 3 heteroatoms. The van der Waals surface area contributed by atoms with E-state index >= 15 is 0 Å². The zero-order valence-electron chi connectivity index (χ0n) is 10.6. The lowest BCUT2D eigenvalue weighted by molar-refractivity contribution is -0.138. The van der Waals surface area contributed by atoms with E-state index in [4.69, 9.17) is 10.8 Å². The molecule has 0 saturated heterocycles. The Labute approximate surface area is 106 Å². The molecule has 2 aromatic rings. The van der Waals surface area contributed by atoms with Crippen LogP contribution in [-0.2, 0) is 4.79 Å². The van der Waals surface area contributed by atoms with E-state index < -0.39 is 12.0 Å². The van der Waals surface area contributed by atoms with E-state index in [1.54, 1.807) is 0 Å². The summed E-state index contributed by atoms with van der Waals surface area (Å²) in [7, 11) is 0. The van der Waals surface area contributed by atoms with Crippen LogP contribution in [0.2, 0.25) is 0 Å². The van der Waals surface area contributed by atoms with Crippen LogP contribution in [-0.4, -0.2) is 17.1 Å². The molecule has 18 heavy (non-hydrogen) atoms. The second kappa shape index (κ2) is 4.78. The van der Waals surface area contributed by atoms with Gasteiger partial charge in [-0.3, -0.25) is 4.79 Å². The summed E-state index contributed by atoms with van der Waals surface area (Å²) >= 11 is 0. The largest absolute Gasteiger partial charge is 0.480 e. The van der Waals surface area contributed by atoms with Gasteiger partial charge in [-0.25, -0.2) is 0 Å². The van der Waals surface area contributed by atoms with Gasteiger partial charge in [0.1, 0.15) is 6.04 Å². The van der Waals surface area contributed by atoms with Gasteiger partial charge in [0.25, 0.3) is 0 Å². The molecule has 2 rings (SSSR count). The van der Waals surface area contributed by atoms with Gasteiger partial charge in [0.2, 0.25) is 0 Å². The summed E-state index contributed by atoms with van der Waals surface area (Å²) in [5, 5.41) is 11.3. The molecule has 0 aliphatic rings. The number of carboxylic acid groups (broad SMARTS) is 1. The smallest absolute Gasteiger partial charge is 0.321 e. The number of carbonyl (C=O) groups is 1. The fourth-order valence-corrected chi connectivity index (χ4v) is 2.35. The molecular weight excluding hydrogens is 226 g/mol. The Hall–Kier alpha value is -1.87. The summed E-state index contributed by atoms with van der Waals surface area (Å²) < 4.78 is 0. The Kier molecular flexibility index (Phi) is 3.34. The summed E-state index contributed by atoms with van der Waals surface area (Å²) in [6.07, 6.45) is 0. The number of fused-ring (bicyclic) bond motifs is 1. The Bertz CT molecular complexity index is 587. The summed E-state index contributed by atoms with van der Waals surface area (Å²) in [6.45, 7) is 3.89. The van der Waals surface area contributed by atoms with Crippen molar-refractivity contribution in [1.29, 1.82) is 0 Å². The molecule has 0 unspecified atom stereocenters. The molecule has 2 aromatic carbocycles. The first-order valence-corrected chi connectivity index (χ1v) is 5.99. The summed E-state index contributed by atoms with van der Waals surface area (Å²) in [5.74, 6) is -1.18. The van der Waals surface area contributed by atoms with Crippen molar-refractivity contribution in [3.63, 3.8) is 0 Å². The van der Waals surface area contributed by atoms with Crippen molar-refractivity contribution in [3.8, 4) is 0 Å². The molecule has 0 heterocycles. The zero-order chi connectivity index (χ0) is 13.3. The number of hydrogen-bond acceptors (Lipinski definition) is 2. The number of aryl methyl sites for hydroxylation is 1. The molecule has 0 spiro atoms. The van der Waals surface area contributed by atoms with E-state index in [2.05, 4.69) is 0 Å². The average Bonchev–Trinajstić information content (AvgIpc) is 2.36. The van der Waals surface area contributed by atoms with E-state index in [0.717, 1.165) is 21.9 Å². The molecule has 0 aliphatic carbocycles. The number of nitrogens with two attached hydrogens (primary N) is 1. The lowest BCUT2D eigenvalue weighted by Crippen LogP contribution is -2.35. The van der Waals surface area contributed by atoms with Crippen LogP contribution in [0.1, 0.15) is 24.0 Å². The van der Waals surface area contributed by atoms with Crippen molar-refractivity contribution in [3.05, 3.63) is 47.5 Å². The van der Waals surface area contributed by atoms with Crippen LogP contribution in [0.4, 0.5) is 0 Å². The molecule has 0 saturated carbocycles. The average molecular weight is 243 g/mol. The van der Waals surface area contributed by atoms with Gasteiger partial charge in [-0.1, -0.05) is 43.3 Å². The highest BCUT2D eigenvalue weighted by Crippen LogP contribution is 2.29.